The molecule has 5 nitrogen and oxygen atoms in total. The van der Waals surface area contributed by atoms with E-state index in [0.717, 1.165) is 5.69 Å². The average molecular weight is 336 g/mol. The van der Waals surface area contributed by atoms with E-state index in [-0.39, 0.29) is 11.4 Å². The lowest BCUT2D eigenvalue weighted by Gasteiger charge is -2.08. The second-order valence-corrected chi connectivity index (χ2v) is 5.66. The fourth-order valence-corrected chi connectivity index (χ4v) is 2.26. The molecule has 0 spiro atoms. The Kier molecular flexibility index (Phi) is 4.70. The number of halogens is 1. The van der Waals surface area contributed by atoms with Gasteiger partial charge in [0.25, 0.3) is 5.91 Å². The Morgan fingerprint density at radius 2 is 1.64 bits per heavy atom. The molecule has 2 aromatic carbocycles. The molecule has 0 aliphatic rings. The van der Waals surface area contributed by atoms with Crippen LogP contribution in [-0.2, 0) is 0 Å². The van der Waals surface area contributed by atoms with E-state index in [0.29, 0.717) is 5.82 Å². The summed E-state index contributed by atoms with van der Waals surface area (Å²) in [6.07, 6.45) is 0. The van der Waals surface area contributed by atoms with Crippen LogP contribution in [0.15, 0.2) is 54.6 Å². The highest BCUT2D eigenvalue weighted by Crippen LogP contribution is 2.18. The molecule has 0 aliphatic heterocycles. The molecular weight excluding hydrogens is 319 g/mol. The van der Waals surface area contributed by atoms with Gasteiger partial charge in [-0.1, -0.05) is 18.2 Å². The topological polar surface area (TPSA) is 66.9 Å². The zero-order valence-corrected chi connectivity index (χ0v) is 13.9. The Labute approximate surface area is 144 Å². The molecule has 3 rings (SSSR count). The third kappa shape index (κ3) is 3.98. The minimum absolute atomic E-state index is 0.0402. The number of rotatable bonds is 4. The van der Waals surface area contributed by atoms with E-state index < -0.39 is 11.7 Å². The van der Waals surface area contributed by atoms with Crippen molar-refractivity contribution in [1.82, 2.24) is 10.2 Å². The molecule has 1 amide bonds. The van der Waals surface area contributed by atoms with Gasteiger partial charge in [-0.25, -0.2) is 4.39 Å². The number of nitrogens with zero attached hydrogens (tertiary/aromatic N) is 2. The Hall–Kier alpha value is -3.28. The summed E-state index contributed by atoms with van der Waals surface area (Å²) < 4.78 is 13.6. The van der Waals surface area contributed by atoms with E-state index in [4.69, 9.17) is 0 Å². The molecule has 6 heteroatoms. The molecule has 3 aromatic rings. The van der Waals surface area contributed by atoms with Crippen molar-refractivity contribution in [3.63, 3.8) is 0 Å². The predicted molar refractivity (Wildman–Crippen MR) is 95.6 cm³/mol. The summed E-state index contributed by atoms with van der Waals surface area (Å²) in [4.78, 5) is 12.0. The first-order valence-electron chi connectivity index (χ1n) is 7.77. The standard InChI is InChI=1S/C19H17FN4O/c1-12-7-8-14(11-13(12)2)21-17-9-10-18(24-23-17)22-19(25)15-5-3-4-6-16(15)20/h3-11H,1-2H3,(H,21,23)(H,22,24,25). The molecular formula is C19H17FN4O. The third-order valence-electron chi connectivity index (χ3n) is 3.80. The van der Waals surface area contributed by atoms with Crippen molar-refractivity contribution in [2.75, 3.05) is 10.6 Å². The number of hydrogen-bond donors (Lipinski definition) is 2. The van der Waals surface area contributed by atoms with Crippen molar-refractivity contribution in [3.8, 4) is 0 Å². The number of anilines is 3. The van der Waals surface area contributed by atoms with E-state index >= 15 is 0 Å². The summed E-state index contributed by atoms with van der Waals surface area (Å²) in [6.45, 7) is 4.08. The Morgan fingerprint density at radius 1 is 0.920 bits per heavy atom. The number of benzene rings is 2. The van der Waals surface area contributed by atoms with Crippen LogP contribution in [0.3, 0.4) is 0 Å². The van der Waals surface area contributed by atoms with Gasteiger partial charge in [-0.05, 0) is 61.4 Å². The zero-order valence-electron chi connectivity index (χ0n) is 13.9. The molecule has 0 radical (unpaired) electrons. The van der Waals surface area contributed by atoms with E-state index in [2.05, 4.69) is 20.8 Å². The fraction of sp³-hybridized carbons (Fsp3) is 0.105. The van der Waals surface area contributed by atoms with Crippen molar-refractivity contribution in [2.45, 2.75) is 13.8 Å². The van der Waals surface area contributed by atoms with Gasteiger partial charge >= 0.3 is 0 Å². The first kappa shape index (κ1) is 16.6. The largest absolute Gasteiger partial charge is 0.339 e. The van der Waals surface area contributed by atoms with Gasteiger partial charge in [0.05, 0.1) is 5.56 Å². The zero-order chi connectivity index (χ0) is 17.8. The smallest absolute Gasteiger partial charge is 0.259 e. The van der Waals surface area contributed by atoms with Crippen molar-refractivity contribution in [1.29, 1.82) is 0 Å². The van der Waals surface area contributed by atoms with Gasteiger partial charge in [-0.2, -0.15) is 0 Å². The van der Waals surface area contributed by atoms with Crippen molar-refractivity contribution in [3.05, 3.63) is 77.1 Å². The van der Waals surface area contributed by atoms with Gasteiger partial charge in [0.1, 0.15) is 5.82 Å². The Balaban J connectivity index is 1.69. The Morgan fingerprint density at radius 3 is 2.32 bits per heavy atom. The lowest BCUT2D eigenvalue weighted by Crippen LogP contribution is -2.15. The number of hydrogen-bond acceptors (Lipinski definition) is 4. The first-order chi connectivity index (χ1) is 12.0. The fourth-order valence-electron chi connectivity index (χ4n) is 2.26. The highest BCUT2D eigenvalue weighted by atomic mass is 19.1. The first-order valence-corrected chi connectivity index (χ1v) is 7.77. The molecule has 0 bridgehead atoms. The summed E-state index contributed by atoms with van der Waals surface area (Å²) >= 11 is 0. The van der Waals surface area contributed by atoms with Gasteiger partial charge in [0.2, 0.25) is 0 Å². The third-order valence-corrected chi connectivity index (χ3v) is 3.80. The van der Waals surface area contributed by atoms with Crippen LogP contribution in [-0.4, -0.2) is 16.1 Å². The number of nitrogens with one attached hydrogen (secondary N) is 2. The van der Waals surface area contributed by atoms with Crippen LogP contribution in [0.1, 0.15) is 21.5 Å². The molecule has 0 unspecified atom stereocenters. The highest BCUT2D eigenvalue weighted by molar-refractivity contribution is 6.03. The van der Waals surface area contributed by atoms with Crippen LogP contribution in [0.25, 0.3) is 0 Å². The summed E-state index contributed by atoms with van der Waals surface area (Å²) in [6, 6.07) is 15.1. The van der Waals surface area contributed by atoms with Gasteiger partial charge < -0.3 is 10.6 Å². The average Bonchev–Trinajstić information content (AvgIpc) is 2.60. The molecule has 0 saturated heterocycles. The maximum atomic E-state index is 13.6. The summed E-state index contributed by atoms with van der Waals surface area (Å²) in [5, 5.41) is 13.6. The van der Waals surface area contributed by atoms with Crippen LogP contribution in [0.2, 0.25) is 0 Å². The quantitative estimate of drug-likeness (QED) is 0.748. The molecule has 1 aromatic heterocycles. The number of amides is 1. The monoisotopic (exact) mass is 336 g/mol. The summed E-state index contributed by atoms with van der Waals surface area (Å²) in [7, 11) is 0. The number of aryl methyl sites for hydroxylation is 2. The minimum Gasteiger partial charge on any atom is -0.339 e. The predicted octanol–water partition coefficient (Wildman–Crippen LogP) is 4.23. The van der Waals surface area contributed by atoms with Gasteiger partial charge in [0.15, 0.2) is 11.6 Å². The highest BCUT2D eigenvalue weighted by Gasteiger charge is 2.11. The maximum Gasteiger partial charge on any atom is 0.259 e. The van der Waals surface area contributed by atoms with Crippen molar-refractivity contribution < 1.29 is 9.18 Å². The number of carbonyl (C=O) groups is 1. The summed E-state index contributed by atoms with van der Waals surface area (Å²) in [5.41, 5.74) is 3.25. The van der Waals surface area contributed by atoms with Gasteiger partial charge in [0, 0.05) is 5.69 Å². The molecule has 25 heavy (non-hydrogen) atoms. The van der Waals surface area contributed by atoms with E-state index in [1.807, 2.05) is 32.0 Å². The van der Waals surface area contributed by atoms with Crippen molar-refractivity contribution >= 4 is 23.2 Å². The van der Waals surface area contributed by atoms with Crippen molar-refractivity contribution in [2.24, 2.45) is 0 Å². The number of aromatic nitrogens is 2. The van der Waals surface area contributed by atoms with Gasteiger partial charge in [-0.15, -0.1) is 10.2 Å². The second kappa shape index (κ2) is 7.09. The molecule has 1 heterocycles. The lowest BCUT2D eigenvalue weighted by molar-refractivity contribution is 0.102. The molecule has 0 fully saturated rings. The van der Waals surface area contributed by atoms with Crippen LogP contribution < -0.4 is 10.6 Å². The normalized spacial score (nSPS) is 10.4. The van der Waals surface area contributed by atoms with E-state index in [1.54, 1.807) is 18.2 Å². The Bertz CT molecular complexity index is 910. The minimum atomic E-state index is -0.582. The number of carbonyl (C=O) groups excluding carboxylic acids is 1. The van der Waals surface area contributed by atoms with Crippen LogP contribution in [0.4, 0.5) is 21.7 Å². The molecule has 126 valence electrons. The lowest BCUT2D eigenvalue weighted by atomic mass is 10.1. The summed E-state index contributed by atoms with van der Waals surface area (Å²) in [5.74, 6) is -0.353. The van der Waals surface area contributed by atoms with Crippen LogP contribution >= 0.6 is 0 Å². The molecule has 2 N–H and O–H groups in total. The van der Waals surface area contributed by atoms with Crippen LogP contribution in [0.5, 0.6) is 0 Å². The van der Waals surface area contributed by atoms with E-state index in [9.17, 15) is 9.18 Å². The molecule has 0 saturated carbocycles. The van der Waals surface area contributed by atoms with E-state index in [1.165, 1.54) is 29.3 Å². The molecule has 0 aliphatic carbocycles. The van der Waals surface area contributed by atoms with Crippen LogP contribution in [0, 0.1) is 19.7 Å². The SMILES string of the molecule is Cc1ccc(Nc2ccc(NC(=O)c3ccccc3F)nn2)cc1C. The molecule has 0 atom stereocenters. The van der Waals surface area contributed by atoms with Gasteiger partial charge in [-0.3, -0.25) is 4.79 Å². The maximum absolute atomic E-state index is 13.6. The second-order valence-electron chi connectivity index (χ2n) is 5.66.